The highest BCUT2D eigenvalue weighted by Gasteiger charge is 2.11. The van der Waals surface area contributed by atoms with E-state index in [0.717, 1.165) is 12.7 Å². The van der Waals surface area contributed by atoms with Gasteiger partial charge in [0, 0.05) is 9.13 Å². The fraction of sp³-hybridized carbons (Fsp3) is 0.111. The van der Waals surface area contributed by atoms with Crippen LogP contribution in [-0.2, 0) is 0 Å². The number of benzene rings is 1. The van der Waals surface area contributed by atoms with E-state index >= 15 is 0 Å². The van der Waals surface area contributed by atoms with Crippen LogP contribution in [0, 0.1) is 7.14 Å². The van der Waals surface area contributed by atoms with Gasteiger partial charge in [0.1, 0.15) is 5.75 Å². The summed E-state index contributed by atoms with van der Waals surface area (Å²) in [5, 5.41) is 9.68. The minimum absolute atomic E-state index is 0. The van der Waals surface area contributed by atoms with Gasteiger partial charge in [-0.3, -0.25) is 0 Å². The largest absolute Gasteiger partial charge is 0.506 e. The van der Waals surface area contributed by atoms with Gasteiger partial charge >= 0.3 is 0 Å². The Morgan fingerprint density at radius 3 is 2.50 bits per heavy atom. The summed E-state index contributed by atoms with van der Waals surface area (Å²) in [5.74, 6) is 0.258. The summed E-state index contributed by atoms with van der Waals surface area (Å²) in [5.41, 5.74) is 6.48. The van der Waals surface area contributed by atoms with Gasteiger partial charge < -0.3 is 10.8 Å². The highest BCUT2D eigenvalue weighted by molar-refractivity contribution is 14.1. The maximum atomic E-state index is 9.68. The molecule has 5 heteroatoms. The molecule has 0 aromatic heterocycles. The van der Waals surface area contributed by atoms with E-state index in [-0.39, 0.29) is 24.2 Å². The molecule has 0 radical (unpaired) electrons. The Kier molecular flexibility index (Phi) is 6.35. The fourth-order valence-electron chi connectivity index (χ4n) is 0.967. The zero-order chi connectivity index (χ0) is 10.0. The monoisotopic (exact) mass is 437 g/mol. The third-order valence-electron chi connectivity index (χ3n) is 1.67. The van der Waals surface area contributed by atoms with Crippen LogP contribution in [-0.4, -0.2) is 5.11 Å². The molecule has 2 nitrogen and oxygen atoms in total. The van der Waals surface area contributed by atoms with Gasteiger partial charge in [-0.1, -0.05) is 6.08 Å². The van der Waals surface area contributed by atoms with Crippen LogP contribution in [0.3, 0.4) is 0 Å². The Balaban J connectivity index is 0.00000169. The lowest BCUT2D eigenvalue weighted by atomic mass is 10.1. The number of nitrogens with two attached hydrogens (primary N) is 1. The van der Waals surface area contributed by atoms with Crippen molar-refractivity contribution < 1.29 is 5.11 Å². The van der Waals surface area contributed by atoms with Crippen molar-refractivity contribution in [2.45, 2.75) is 6.04 Å². The van der Waals surface area contributed by atoms with E-state index in [9.17, 15) is 5.11 Å². The van der Waals surface area contributed by atoms with Crippen LogP contribution in [0.25, 0.3) is 0 Å². The topological polar surface area (TPSA) is 46.2 Å². The maximum absolute atomic E-state index is 9.68. The molecule has 0 amide bonds. The number of halogens is 3. The molecular formula is C9H10ClI2NO. The van der Waals surface area contributed by atoms with Crippen molar-refractivity contribution in [1.29, 1.82) is 0 Å². The van der Waals surface area contributed by atoms with E-state index in [4.69, 9.17) is 5.73 Å². The van der Waals surface area contributed by atoms with E-state index in [1.165, 1.54) is 0 Å². The van der Waals surface area contributed by atoms with Gasteiger partial charge in [0.2, 0.25) is 0 Å². The lowest BCUT2D eigenvalue weighted by molar-refractivity contribution is 0.462. The Hall–Kier alpha value is 0.470. The van der Waals surface area contributed by atoms with Crippen LogP contribution in [0.2, 0.25) is 0 Å². The minimum atomic E-state index is -0.303. The van der Waals surface area contributed by atoms with Crippen molar-refractivity contribution in [3.05, 3.63) is 37.5 Å². The third kappa shape index (κ3) is 3.25. The average molecular weight is 437 g/mol. The molecule has 1 aromatic carbocycles. The zero-order valence-corrected chi connectivity index (χ0v) is 12.3. The number of aromatic hydroxyl groups is 1. The Labute approximate surface area is 117 Å². The molecule has 0 heterocycles. The molecule has 1 atom stereocenters. The third-order valence-corrected chi connectivity index (χ3v) is 3.12. The molecule has 0 aliphatic rings. The molecule has 0 spiro atoms. The molecule has 0 aliphatic carbocycles. The fourth-order valence-corrected chi connectivity index (χ4v) is 2.86. The SMILES string of the molecule is C=C[C@@H](N)c1cc(I)cc(I)c1O.Cl. The van der Waals surface area contributed by atoms with Crippen LogP contribution >= 0.6 is 57.6 Å². The summed E-state index contributed by atoms with van der Waals surface area (Å²) in [6.45, 7) is 3.60. The van der Waals surface area contributed by atoms with Crippen LogP contribution in [0.5, 0.6) is 5.75 Å². The van der Waals surface area contributed by atoms with Gasteiger partial charge in [0.25, 0.3) is 0 Å². The molecule has 0 saturated heterocycles. The van der Waals surface area contributed by atoms with Gasteiger partial charge in [-0.25, -0.2) is 0 Å². The summed E-state index contributed by atoms with van der Waals surface area (Å²) in [6.07, 6.45) is 1.61. The van der Waals surface area contributed by atoms with Crippen molar-refractivity contribution in [3.8, 4) is 5.75 Å². The molecule has 78 valence electrons. The van der Waals surface area contributed by atoms with Crippen LogP contribution < -0.4 is 5.73 Å². The Morgan fingerprint density at radius 1 is 1.43 bits per heavy atom. The average Bonchev–Trinajstić information content (AvgIpc) is 2.10. The minimum Gasteiger partial charge on any atom is -0.506 e. The lowest BCUT2D eigenvalue weighted by Crippen LogP contribution is -2.07. The Morgan fingerprint density at radius 2 is 2.00 bits per heavy atom. The summed E-state index contributed by atoms with van der Waals surface area (Å²) in [7, 11) is 0. The van der Waals surface area contributed by atoms with Gasteiger partial charge in [0.15, 0.2) is 0 Å². The molecule has 1 rings (SSSR count). The van der Waals surface area contributed by atoms with E-state index in [1.54, 1.807) is 6.08 Å². The predicted molar refractivity (Wildman–Crippen MR) is 77.9 cm³/mol. The molecular weight excluding hydrogens is 427 g/mol. The normalized spacial score (nSPS) is 11.6. The van der Waals surface area contributed by atoms with Gasteiger partial charge in [-0.15, -0.1) is 19.0 Å². The van der Waals surface area contributed by atoms with Gasteiger partial charge in [0.05, 0.1) is 9.61 Å². The summed E-state index contributed by atoms with van der Waals surface area (Å²) >= 11 is 4.27. The van der Waals surface area contributed by atoms with Crippen molar-refractivity contribution in [2.75, 3.05) is 0 Å². The summed E-state index contributed by atoms with van der Waals surface area (Å²) < 4.78 is 1.88. The first-order valence-corrected chi connectivity index (χ1v) is 5.78. The molecule has 3 N–H and O–H groups in total. The predicted octanol–water partition coefficient (Wildman–Crippen LogP) is 3.21. The summed E-state index contributed by atoms with van der Waals surface area (Å²) in [6, 6.07) is 3.46. The van der Waals surface area contributed by atoms with Crippen LogP contribution in [0.15, 0.2) is 24.8 Å². The van der Waals surface area contributed by atoms with Crippen molar-refractivity contribution in [2.24, 2.45) is 5.73 Å². The Bertz CT molecular complexity index is 344. The second-order valence-electron chi connectivity index (χ2n) is 2.59. The number of hydrogen-bond acceptors (Lipinski definition) is 2. The van der Waals surface area contributed by atoms with E-state index in [0.29, 0.717) is 0 Å². The van der Waals surface area contributed by atoms with E-state index in [1.807, 2.05) is 12.1 Å². The standard InChI is InChI=1S/C9H9I2NO.ClH/c1-2-8(12)6-3-5(10)4-7(11)9(6)13;/h2-4,8,13H,1,12H2;1H/t8-;/m1./s1. The van der Waals surface area contributed by atoms with E-state index in [2.05, 4.69) is 51.8 Å². The molecule has 0 aliphatic heterocycles. The highest BCUT2D eigenvalue weighted by atomic mass is 127. The molecule has 1 aromatic rings. The number of rotatable bonds is 2. The van der Waals surface area contributed by atoms with Crippen molar-refractivity contribution >= 4 is 57.6 Å². The first-order valence-electron chi connectivity index (χ1n) is 3.62. The maximum Gasteiger partial charge on any atom is 0.134 e. The highest BCUT2D eigenvalue weighted by Crippen LogP contribution is 2.30. The van der Waals surface area contributed by atoms with Crippen LogP contribution in [0.1, 0.15) is 11.6 Å². The summed E-state index contributed by atoms with van der Waals surface area (Å²) in [4.78, 5) is 0. The van der Waals surface area contributed by atoms with Crippen LogP contribution in [0.4, 0.5) is 0 Å². The number of phenolic OH excluding ortho intramolecular Hbond substituents is 1. The smallest absolute Gasteiger partial charge is 0.134 e. The van der Waals surface area contributed by atoms with E-state index < -0.39 is 0 Å². The van der Waals surface area contributed by atoms with Gasteiger partial charge in [-0.05, 0) is 57.3 Å². The number of phenols is 1. The van der Waals surface area contributed by atoms with Gasteiger partial charge in [-0.2, -0.15) is 0 Å². The van der Waals surface area contributed by atoms with Crippen molar-refractivity contribution in [1.82, 2.24) is 0 Å². The lowest BCUT2D eigenvalue weighted by Gasteiger charge is -2.10. The molecule has 14 heavy (non-hydrogen) atoms. The second kappa shape index (κ2) is 6.14. The first-order chi connectivity index (χ1) is 6.06. The molecule has 0 saturated carbocycles. The molecule has 0 unspecified atom stereocenters. The second-order valence-corrected chi connectivity index (χ2v) is 4.99. The zero-order valence-electron chi connectivity index (χ0n) is 7.21. The molecule has 0 bridgehead atoms. The quantitative estimate of drug-likeness (QED) is 0.552. The number of hydrogen-bond donors (Lipinski definition) is 2. The first kappa shape index (κ1) is 14.5. The van der Waals surface area contributed by atoms with Crippen molar-refractivity contribution in [3.63, 3.8) is 0 Å². The molecule has 0 fully saturated rings.